The summed E-state index contributed by atoms with van der Waals surface area (Å²) in [5.41, 5.74) is 6.26. The third-order valence-electron chi connectivity index (χ3n) is 10.7. The molecule has 1 aliphatic carbocycles. The summed E-state index contributed by atoms with van der Waals surface area (Å²) in [7, 11) is 0. The van der Waals surface area contributed by atoms with Crippen molar-refractivity contribution in [1.82, 2.24) is 25.2 Å². The first-order chi connectivity index (χ1) is 29.4. The molecule has 0 aliphatic heterocycles. The predicted molar refractivity (Wildman–Crippen MR) is 228 cm³/mol. The molecule has 1 aliphatic rings. The van der Waals surface area contributed by atoms with Crippen LogP contribution in [0.15, 0.2) is 164 Å². The molecule has 2 heterocycles. The Morgan fingerprint density at radius 1 is 0.700 bits per heavy atom. The zero-order valence-corrected chi connectivity index (χ0v) is 33.1. The van der Waals surface area contributed by atoms with Gasteiger partial charge in [-0.1, -0.05) is 153 Å². The number of rotatable bonds is 13. The summed E-state index contributed by atoms with van der Waals surface area (Å²) < 4.78 is 17.6. The number of hydrogen-bond acceptors (Lipinski definition) is 9. The molecule has 0 amide bonds. The van der Waals surface area contributed by atoms with Gasteiger partial charge in [0.2, 0.25) is 12.1 Å². The molecule has 0 radical (unpaired) electrons. The molecule has 60 heavy (non-hydrogen) atoms. The van der Waals surface area contributed by atoms with Gasteiger partial charge < -0.3 is 14.2 Å². The quantitative estimate of drug-likeness (QED) is 0.0639. The highest BCUT2D eigenvalue weighted by Gasteiger charge is 2.41. The van der Waals surface area contributed by atoms with E-state index < -0.39 is 23.8 Å². The second-order valence-electron chi connectivity index (χ2n) is 14.7. The summed E-state index contributed by atoms with van der Waals surface area (Å²) in [4.78, 5) is 32.6. The molecule has 1 unspecified atom stereocenters. The maximum absolute atomic E-state index is 13.9. The highest BCUT2D eigenvalue weighted by atomic mass is 16.7. The fourth-order valence-electron chi connectivity index (χ4n) is 7.75. The molecule has 0 N–H and O–H groups in total. The summed E-state index contributed by atoms with van der Waals surface area (Å²) in [6.07, 6.45) is 0.932. The Kier molecular flexibility index (Phi) is 10.4. The minimum Gasteiger partial charge on any atom is -0.455 e. The number of hydrogen-bond donors (Lipinski definition) is 0. The highest BCUT2D eigenvalue weighted by molar-refractivity contribution is 6.06. The molecule has 0 saturated heterocycles. The smallest absolute Gasteiger partial charge is 0.345 e. The van der Waals surface area contributed by atoms with Crippen molar-refractivity contribution in [2.45, 2.75) is 50.9 Å². The van der Waals surface area contributed by atoms with Gasteiger partial charge in [0.25, 0.3) is 0 Å². The lowest BCUT2D eigenvalue weighted by Crippen LogP contribution is -2.39. The third-order valence-corrected chi connectivity index (χ3v) is 10.7. The highest BCUT2D eigenvalue weighted by Crippen LogP contribution is 2.48. The lowest BCUT2D eigenvalue weighted by atomic mass is 9.77. The first kappa shape index (κ1) is 38.1. The minimum absolute atomic E-state index is 0.142. The van der Waals surface area contributed by atoms with E-state index in [1.54, 1.807) is 11.7 Å². The van der Waals surface area contributed by atoms with Crippen LogP contribution in [0.3, 0.4) is 0 Å². The Hall–Kier alpha value is -7.46. The molecule has 0 bridgehead atoms. The Balaban J connectivity index is 1.08. The van der Waals surface area contributed by atoms with Crippen LogP contribution in [-0.4, -0.2) is 43.4 Å². The fraction of sp³-hybridized carbons (Fsp3) is 0.160. The molecular formula is C50H41N5O5. The third kappa shape index (κ3) is 7.28. The van der Waals surface area contributed by atoms with Gasteiger partial charge in [0.15, 0.2) is 11.3 Å². The van der Waals surface area contributed by atoms with E-state index in [4.69, 9.17) is 34.6 Å². The number of esters is 2. The lowest BCUT2D eigenvalue weighted by molar-refractivity contribution is -0.165. The van der Waals surface area contributed by atoms with Gasteiger partial charge in [-0.05, 0) is 64.1 Å². The molecule has 10 nitrogen and oxygen atoms in total. The van der Waals surface area contributed by atoms with Crippen LogP contribution in [0.4, 0.5) is 0 Å². The Labute approximate surface area is 347 Å². The van der Waals surface area contributed by atoms with Crippen LogP contribution in [-0.2, 0) is 19.8 Å². The molecule has 2 aromatic heterocycles. The van der Waals surface area contributed by atoms with Gasteiger partial charge in [-0.25, -0.2) is 9.78 Å². The SMILES string of the molecule is CCC(=O)OC(C)OC(=O)c1c(Oc2ccc(-c3ccccc3-c3nnn(C(c4ccccc4)(c4ccccc4)c4ccccc4)n3)cc2)c(C2CC2)nc2ccccc12. The second-order valence-corrected chi connectivity index (χ2v) is 14.7. The Morgan fingerprint density at radius 2 is 1.27 bits per heavy atom. The maximum atomic E-state index is 13.9. The molecule has 6 aromatic carbocycles. The zero-order valence-electron chi connectivity index (χ0n) is 33.1. The van der Waals surface area contributed by atoms with Gasteiger partial charge in [0.1, 0.15) is 11.3 Å². The van der Waals surface area contributed by atoms with E-state index in [0.717, 1.165) is 46.2 Å². The first-order valence-corrected chi connectivity index (χ1v) is 20.1. The minimum atomic E-state index is -1.09. The summed E-state index contributed by atoms with van der Waals surface area (Å²) in [5, 5.41) is 15.2. The Bertz CT molecular complexity index is 2690. The summed E-state index contributed by atoms with van der Waals surface area (Å²) in [6, 6.07) is 53.8. The number of carbonyl (C=O) groups excluding carboxylic acids is 2. The number of benzene rings is 6. The average molecular weight is 792 g/mol. The lowest BCUT2D eigenvalue weighted by Gasteiger charge is -2.34. The van der Waals surface area contributed by atoms with Crippen molar-refractivity contribution >= 4 is 22.8 Å². The number of fused-ring (bicyclic) bond motifs is 1. The van der Waals surface area contributed by atoms with Crippen molar-refractivity contribution in [1.29, 1.82) is 0 Å². The summed E-state index contributed by atoms with van der Waals surface area (Å²) in [6.45, 7) is 3.21. The number of tetrazole rings is 1. The molecule has 0 spiro atoms. The summed E-state index contributed by atoms with van der Waals surface area (Å²) >= 11 is 0. The molecule has 1 fully saturated rings. The predicted octanol–water partition coefficient (Wildman–Crippen LogP) is 10.5. The van der Waals surface area contributed by atoms with E-state index in [2.05, 4.69) is 36.4 Å². The molecule has 10 heteroatoms. The van der Waals surface area contributed by atoms with Crippen molar-refractivity contribution in [3.8, 4) is 34.0 Å². The molecule has 296 valence electrons. The van der Waals surface area contributed by atoms with Crippen LogP contribution >= 0.6 is 0 Å². The Morgan fingerprint density at radius 3 is 1.87 bits per heavy atom. The van der Waals surface area contributed by atoms with E-state index in [-0.39, 0.29) is 17.9 Å². The van der Waals surface area contributed by atoms with Gasteiger partial charge in [-0.15, -0.1) is 15.0 Å². The van der Waals surface area contributed by atoms with Gasteiger partial charge in [0, 0.05) is 30.2 Å². The van der Waals surface area contributed by atoms with E-state index >= 15 is 0 Å². The number of pyridine rings is 1. The van der Waals surface area contributed by atoms with E-state index in [0.29, 0.717) is 33.9 Å². The van der Waals surface area contributed by atoms with Crippen LogP contribution in [0.5, 0.6) is 11.5 Å². The van der Waals surface area contributed by atoms with Crippen molar-refractivity contribution in [3.05, 3.63) is 192 Å². The van der Waals surface area contributed by atoms with Gasteiger partial charge in [-0.2, -0.15) is 0 Å². The van der Waals surface area contributed by atoms with E-state index in [1.807, 2.05) is 127 Å². The number of para-hydroxylation sites is 1. The van der Waals surface area contributed by atoms with Crippen molar-refractivity contribution in [2.24, 2.45) is 0 Å². The van der Waals surface area contributed by atoms with Gasteiger partial charge >= 0.3 is 11.9 Å². The van der Waals surface area contributed by atoms with Crippen LogP contribution in [0.25, 0.3) is 33.4 Å². The zero-order chi connectivity index (χ0) is 41.1. The first-order valence-electron chi connectivity index (χ1n) is 20.1. The second kappa shape index (κ2) is 16.4. The molecule has 9 rings (SSSR count). The standard InChI is InChI=1S/C50H41N5O5/c1-3-44(56)58-33(2)59-49(57)45-42-25-15-16-26-43(42)51-46(35-27-28-35)47(45)60-39-31-29-34(30-32-39)40-23-13-14-24-41(40)48-52-54-55(53-48)50(36-17-7-4-8-18-36,37-19-9-5-10-20-37)38-21-11-6-12-22-38/h4-26,29-33,35H,3,27-28H2,1-2H3. The van der Waals surface area contributed by atoms with Gasteiger partial charge in [0.05, 0.1) is 11.2 Å². The molecular weight excluding hydrogens is 751 g/mol. The summed E-state index contributed by atoms with van der Waals surface area (Å²) in [5.74, 6) is 0.329. The monoisotopic (exact) mass is 791 g/mol. The van der Waals surface area contributed by atoms with Crippen LogP contribution in [0.1, 0.15) is 71.8 Å². The largest absolute Gasteiger partial charge is 0.455 e. The topological polar surface area (TPSA) is 118 Å². The van der Waals surface area contributed by atoms with Crippen molar-refractivity contribution < 1.29 is 23.8 Å². The average Bonchev–Trinajstić information content (AvgIpc) is 4.03. The van der Waals surface area contributed by atoms with E-state index in [1.165, 1.54) is 6.92 Å². The fourth-order valence-corrected chi connectivity index (χ4v) is 7.75. The van der Waals surface area contributed by atoms with Crippen molar-refractivity contribution in [3.63, 3.8) is 0 Å². The maximum Gasteiger partial charge on any atom is 0.345 e. The van der Waals surface area contributed by atoms with Crippen LogP contribution < -0.4 is 4.74 Å². The molecule has 1 saturated carbocycles. The number of aromatic nitrogens is 5. The number of nitrogens with zero attached hydrogens (tertiary/aromatic N) is 5. The van der Waals surface area contributed by atoms with Crippen LogP contribution in [0, 0.1) is 0 Å². The number of ether oxygens (including phenoxy) is 3. The number of carbonyl (C=O) groups is 2. The molecule has 1 atom stereocenters. The molecule has 8 aromatic rings. The van der Waals surface area contributed by atoms with E-state index in [9.17, 15) is 9.59 Å². The van der Waals surface area contributed by atoms with Gasteiger partial charge in [-0.3, -0.25) is 4.79 Å². The normalized spacial score (nSPS) is 13.1. The van der Waals surface area contributed by atoms with Crippen LogP contribution in [0.2, 0.25) is 0 Å². The van der Waals surface area contributed by atoms with Crippen molar-refractivity contribution in [2.75, 3.05) is 0 Å².